The van der Waals surface area contributed by atoms with Gasteiger partial charge in [-0.3, -0.25) is 4.79 Å². The Balaban J connectivity index is 1.99. The molecule has 5 nitrogen and oxygen atoms in total. The molecule has 0 saturated carbocycles. The van der Waals surface area contributed by atoms with Crippen LogP contribution in [0.1, 0.15) is 38.5 Å². The van der Waals surface area contributed by atoms with Gasteiger partial charge < -0.3 is 9.64 Å². The third-order valence-corrected chi connectivity index (χ3v) is 6.54. The van der Waals surface area contributed by atoms with Gasteiger partial charge in [-0.05, 0) is 44.7 Å². The fourth-order valence-corrected chi connectivity index (χ4v) is 5.00. The topological polar surface area (TPSA) is 63.7 Å². The van der Waals surface area contributed by atoms with Gasteiger partial charge in [0.05, 0.1) is 24.5 Å². The molecule has 0 amide bonds. The van der Waals surface area contributed by atoms with E-state index in [4.69, 9.17) is 4.74 Å². The molecule has 0 aliphatic carbocycles. The lowest BCUT2D eigenvalue weighted by Crippen LogP contribution is -2.41. The zero-order valence-corrected chi connectivity index (χ0v) is 13.7. The number of carbonyl (C=O) groups is 1. The smallest absolute Gasteiger partial charge is 0.310 e. The Morgan fingerprint density at radius 3 is 2.24 bits per heavy atom. The number of rotatable bonds is 4. The van der Waals surface area contributed by atoms with Crippen LogP contribution in [0.4, 0.5) is 0 Å². The number of sulfone groups is 1. The molecule has 0 aromatic rings. The molecule has 2 aliphatic heterocycles. The van der Waals surface area contributed by atoms with Gasteiger partial charge in [0.25, 0.3) is 0 Å². The van der Waals surface area contributed by atoms with Crippen molar-refractivity contribution in [1.29, 1.82) is 0 Å². The number of esters is 1. The molecule has 2 heterocycles. The molecule has 2 aliphatic rings. The van der Waals surface area contributed by atoms with Crippen molar-refractivity contribution in [1.82, 2.24) is 4.90 Å². The molecule has 21 heavy (non-hydrogen) atoms. The van der Waals surface area contributed by atoms with E-state index in [1.165, 1.54) is 32.8 Å². The molecule has 2 rings (SSSR count). The molecular formula is C15H27NO4S. The minimum absolute atomic E-state index is 0.143. The Kier molecular flexibility index (Phi) is 6.05. The van der Waals surface area contributed by atoms with Crippen LogP contribution in [0.2, 0.25) is 0 Å². The Morgan fingerprint density at radius 1 is 1.14 bits per heavy atom. The Bertz CT molecular complexity index is 427. The second kappa shape index (κ2) is 7.58. The van der Waals surface area contributed by atoms with Crippen LogP contribution >= 0.6 is 0 Å². The average Bonchev–Trinajstić information content (AvgIpc) is 2.73. The summed E-state index contributed by atoms with van der Waals surface area (Å²) in [6.45, 7) is 2.80. The number of carbonyl (C=O) groups excluding carboxylic acids is 1. The van der Waals surface area contributed by atoms with Gasteiger partial charge in [-0.1, -0.05) is 12.8 Å². The van der Waals surface area contributed by atoms with E-state index in [0.717, 1.165) is 19.6 Å². The van der Waals surface area contributed by atoms with Crippen molar-refractivity contribution in [2.24, 2.45) is 11.8 Å². The van der Waals surface area contributed by atoms with Gasteiger partial charge in [-0.2, -0.15) is 0 Å². The first-order valence-corrected chi connectivity index (χ1v) is 9.84. The minimum Gasteiger partial charge on any atom is -0.469 e. The maximum Gasteiger partial charge on any atom is 0.310 e. The van der Waals surface area contributed by atoms with Crippen LogP contribution < -0.4 is 0 Å². The van der Waals surface area contributed by atoms with Crippen LogP contribution in [0.25, 0.3) is 0 Å². The third-order valence-electron chi connectivity index (χ3n) is 4.83. The first kappa shape index (κ1) is 16.7. The second-order valence-electron chi connectivity index (χ2n) is 6.33. The lowest BCUT2D eigenvalue weighted by atomic mass is 9.87. The minimum atomic E-state index is -2.89. The van der Waals surface area contributed by atoms with Gasteiger partial charge >= 0.3 is 5.97 Å². The highest BCUT2D eigenvalue weighted by Gasteiger charge is 2.35. The molecule has 0 aromatic carbocycles. The standard InChI is InChI=1S/C15H27NO4S/c1-20-15(17)14(12-16-8-4-2-3-5-9-16)13-6-10-21(18,19)11-7-13/h13-14H,2-12H2,1H3. The van der Waals surface area contributed by atoms with E-state index in [2.05, 4.69) is 4.90 Å². The summed E-state index contributed by atoms with van der Waals surface area (Å²) >= 11 is 0. The van der Waals surface area contributed by atoms with E-state index in [0.29, 0.717) is 12.8 Å². The molecule has 1 unspecified atom stereocenters. The van der Waals surface area contributed by atoms with Gasteiger partial charge in [0.15, 0.2) is 0 Å². The van der Waals surface area contributed by atoms with E-state index in [1.54, 1.807) is 0 Å². The Labute approximate surface area is 127 Å². The number of methoxy groups -OCH3 is 1. The summed E-state index contributed by atoms with van der Waals surface area (Å²) in [4.78, 5) is 14.5. The van der Waals surface area contributed by atoms with Gasteiger partial charge in [0, 0.05) is 6.54 Å². The maximum atomic E-state index is 12.1. The van der Waals surface area contributed by atoms with E-state index in [-0.39, 0.29) is 29.3 Å². The number of likely N-dealkylation sites (tertiary alicyclic amines) is 1. The van der Waals surface area contributed by atoms with E-state index >= 15 is 0 Å². The summed E-state index contributed by atoms with van der Waals surface area (Å²) in [5, 5.41) is 0. The second-order valence-corrected chi connectivity index (χ2v) is 8.64. The van der Waals surface area contributed by atoms with Crippen LogP contribution in [-0.2, 0) is 19.4 Å². The molecule has 1 atom stereocenters. The number of hydrogen-bond acceptors (Lipinski definition) is 5. The van der Waals surface area contributed by atoms with Gasteiger partial charge in [0.1, 0.15) is 9.84 Å². The van der Waals surface area contributed by atoms with Gasteiger partial charge in [-0.15, -0.1) is 0 Å². The molecule has 0 spiro atoms. The first-order chi connectivity index (χ1) is 10.0. The fraction of sp³-hybridized carbons (Fsp3) is 0.933. The van der Waals surface area contributed by atoms with Crippen molar-refractivity contribution >= 4 is 15.8 Å². The SMILES string of the molecule is COC(=O)C(CN1CCCCCC1)C1CCS(=O)(=O)CC1. The highest BCUT2D eigenvalue weighted by molar-refractivity contribution is 7.91. The van der Waals surface area contributed by atoms with Crippen LogP contribution in [0.3, 0.4) is 0 Å². The predicted molar refractivity (Wildman–Crippen MR) is 81.8 cm³/mol. The van der Waals surface area contributed by atoms with E-state index in [1.807, 2.05) is 0 Å². The summed E-state index contributed by atoms with van der Waals surface area (Å²) < 4.78 is 28.1. The van der Waals surface area contributed by atoms with Gasteiger partial charge in [-0.25, -0.2) is 8.42 Å². The third kappa shape index (κ3) is 4.95. The summed E-state index contributed by atoms with van der Waals surface area (Å²) in [7, 11) is -1.46. The summed E-state index contributed by atoms with van der Waals surface area (Å²) in [5.74, 6) is 0.215. The predicted octanol–water partition coefficient (Wildman–Crippen LogP) is 1.48. The molecule has 6 heteroatoms. The largest absolute Gasteiger partial charge is 0.469 e. The fourth-order valence-electron chi connectivity index (χ4n) is 3.47. The molecule has 122 valence electrons. The maximum absolute atomic E-state index is 12.1. The van der Waals surface area contributed by atoms with Crippen LogP contribution in [0, 0.1) is 11.8 Å². The zero-order chi connectivity index (χ0) is 15.3. The summed E-state index contributed by atoms with van der Waals surface area (Å²) in [5.41, 5.74) is 0. The molecule has 2 saturated heterocycles. The normalized spacial score (nSPS) is 26.0. The molecular weight excluding hydrogens is 290 g/mol. The van der Waals surface area contributed by atoms with Crippen molar-refractivity contribution in [2.75, 3.05) is 38.2 Å². The highest BCUT2D eigenvalue weighted by Crippen LogP contribution is 2.28. The molecule has 2 fully saturated rings. The summed E-state index contributed by atoms with van der Waals surface area (Å²) in [6.07, 6.45) is 6.09. The number of nitrogens with zero attached hydrogens (tertiary/aromatic N) is 1. The monoisotopic (exact) mass is 317 g/mol. The van der Waals surface area contributed by atoms with E-state index < -0.39 is 9.84 Å². The number of hydrogen-bond donors (Lipinski definition) is 0. The lowest BCUT2D eigenvalue weighted by Gasteiger charge is -2.32. The van der Waals surface area contributed by atoms with Crippen LogP contribution in [0.5, 0.6) is 0 Å². The van der Waals surface area contributed by atoms with Crippen molar-refractivity contribution in [3.05, 3.63) is 0 Å². The molecule has 0 aromatic heterocycles. The number of ether oxygens (including phenoxy) is 1. The van der Waals surface area contributed by atoms with Crippen LogP contribution in [0.15, 0.2) is 0 Å². The average molecular weight is 317 g/mol. The van der Waals surface area contributed by atoms with Crippen molar-refractivity contribution in [3.63, 3.8) is 0 Å². The summed E-state index contributed by atoms with van der Waals surface area (Å²) in [6, 6.07) is 0. The highest BCUT2D eigenvalue weighted by atomic mass is 32.2. The molecule has 0 radical (unpaired) electrons. The zero-order valence-electron chi connectivity index (χ0n) is 12.9. The van der Waals surface area contributed by atoms with Crippen molar-refractivity contribution in [3.8, 4) is 0 Å². The van der Waals surface area contributed by atoms with E-state index in [9.17, 15) is 13.2 Å². The Morgan fingerprint density at radius 2 is 1.71 bits per heavy atom. The molecule has 0 N–H and O–H groups in total. The molecule has 0 bridgehead atoms. The van der Waals surface area contributed by atoms with Gasteiger partial charge in [0.2, 0.25) is 0 Å². The first-order valence-electron chi connectivity index (χ1n) is 8.02. The van der Waals surface area contributed by atoms with Crippen LogP contribution in [-0.4, -0.2) is 57.5 Å². The van der Waals surface area contributed by atoms with Crippen molar-refractivity contribution < 1.29 is 17.9 Å². The Hall–Kier alpha value is -0.620. The quantitative estimate of drug-likeness (QED) is 0.735. The van der Waals surface area contributed by atoms with Crippen molar-refractivity contribution in [2.45, 2.75) is 38.5 Å². The lowest BCUT2D eigenvalue weighted by molar-refractivity contribution is -0.148.